The van der Waals surface area contributed by atoms with E-state index < -0.39 is 12.0 Å². The average molecular weight is 286 g/mol. The van der Waals surface area contributed by atoms with Crippen LogP contribution in [0.15, 0.2) is 11.8 Å². The molecule has 1 atom stereocenters. The molecule has 0 saturated heterocycles. The minimum Gasteiger partial charge on any atom is -0.480 e. The molecule has 0 heterocycles. The van der Waals surface area contributed by atoms with Crippen LogP contribution in [0.5, 0.6) is 0 Å². The quantitative estimate of drug-likeness (QED) is 0.740. The van der Waals surface area contributed by atoms with E-state index in [1.165, 1.54) is 18.2 Å². The van der Waals surface area contributed by atoms with E-state index in [1.54, 1.807) is 4.90 Å². The summed E-state index contributed by atoms with van der Waals surface area (Å²) in [6, 6.07) is -0.901. The zero-order chi connectivity index (χ0) is 14.3. The molecule has 1 unspecified atom stereocenters. The summed E-state index contributed by atoms with van der Waals surface area (Å²) in [4.78, 5) is 24.5. The maximum Gasteiger partial charge on any atom is 0.321 e. The summed E-state index contributed by atoms with van der Waals surface area (Å²) in [5, 5.41) is 8.66. The lowest BCUT2D eigenvalue weighted by Gasteiger charge is -2.26. The number of rotatable bonds is 7. The summed E-state index contributed by atoms with van der Waals surface area (Å²) in [5.74, 6) is -0.440. The van der Waals surface area contributed by atoms with E-state index in [-0.39, 0.29) is 17.4 Å². The molecule has 19 heavy (non-hydrogen) atoms. The lowest BCUT2D eigenvalue weighted by molar-refractivity contribution is -0.138. The summed E-state index contributed by atoms with van der Waals surface area (Å²) in [6.07, 6.45) is 6.46. The normalized spacial score (nSPS) is 16.6. The molecule has 3 N–H and O–H groups in total. The Balaban J connectivity index is 2.41. The van der Waals surface area contributed by atoms with E-state index >= 15 is 0 Å². The van der Waals surface area contributed by atoms with Crippen molar-refractivity contribution in [3.63, 3.8) is 0 Å². The third-order valence-corrected chi connectivity index (χ3v) is 4.12. The molecule has 1 amide bonds. The largest absolute Gasteiger partial charge is 0.480 e. The van der Waals surface area contributed by atoms with Crippen molar-refractivity contribution in [2.75, 3.05) is 18.1 Å². The molecule has 0 radical (unpaired) electrons. The molecule has 108 valence electrons. The number of nitrogens with zero attached hydrogens (tertiary/aromatic N) is 1. The van der Waals surface area contributed by atoms with Gasteiger partial charge in [-0.25, -0.2) is 0 Å². The molecule has 0 saturated carbocycles. The van der Waals surface area contributed by atoms with Gasteiger partial charge in [-0.2, -0.15) is 0 Å². The van der Waals surface area contributed by atoms with Crippen LogP contribution in [0.4, 0.5) is 0 Å². The maximum atomic E-state index is 12.1. The second-order valence-electron chi connectivity index (χ2n) is 4.54. The molecule has 0 aromatic rings. The lowest BCUT2D eigenvalue weighted by Crippen LogP contribution is -2.35. The van der Waals surface area contributed by atoms with E-state index in [9.17, 15) is 9.59 Å². The maximum absolute atomic E-state index is 12.1. The van der Waals surface area contributed by atoms with E-state index in [1.807, 2.05) is 6.92 Å². The van der Waals surface area contributed by atoms with E-state index in [0.29, 0.717) is 6.54 Å². The van der Waals surface area contributed by atoms with E-state index in [0.717, 1.165) is 25.0 Å². The molecule has 1 aliphatic rings. The van der Waals surface area contributed by atoms with Crippen LogP contribution >= 0.6 is 11.8 Å². The number of nitrogens with two attached hydrogens (primary N) is 1. The summed E-state index contributed by atoms with van der Waals surface area (Å²) in [7, 11) is 0. The Morgan fingerprint density at radius 1 is 1.53 bits per heavy atom. The smallest absolute Gasteiger partial charge is 0.321 e. The van der Waals surface area contributed by atoms with Crippen LogP contribution in [0.3, 0.4) is 0 Å². The summed E-state index contributed by atoms with van der Waals surface area (Å²) < 4.78 is 0. The Hall–Kier alpha value is -1.01. The van der Waals surface area contributed by atoms with Gasteiger partial charge in [0.2, 0.25) is 5.91 Å². The molecule has 0 spiro atoms. The van der Waals surface area contributed by atoms with Gasteiger partial charge in [-0.05, 0) is 32.6 Å². The first-order valence-corrected chi connectivity index (χ1v) is 7.77. The Morgan fingerprint density at radius 3 is 2.79 bits per heavy atom. The van der Waals surface area contributed by atoms with Gasteiger partial charge in [0.05, 0.1) is 5.75 Å². The number of hydrogen-bond acceptors (Lipinski definition) is 4. The molecule has 0 aromatic carbocycles. The second-order valence-corrected chi connectivity index (χ2v) is 5.57. The Morgan fingerprint density at radius 2 is 2.26 bits per heavy atom. The van der Waals surface area contributed by atoms with Crippen LogP contribution < -0.4 is 5.73 Å². The first kappa shape index (κ1) is 16.0. The third kappa shape index (κ3) is 5.24. The minimum absolute atomic E-state index is 0.0400. The van der Waals surface area contributed by atoms with Crippen molar-refractivity contribution in [2.45, 2.75) is 38.6 Å². The number of allylic oxidation sites excluding steroid dienone is 2. The Labute approximate surface area is 118 Å². The van der Waals surface area contributed by atoms with Crippen LogP contribution in [0, 0.1) is 0 Å². The molecule has 1 aliphatic carbocycles. The van der Waals surface area contributed by atoms with Gasteiger partial charge in [0.15, 0.2) is 0 Å². The number of aliphatic carboxylic acids is 1. The first-order chi connectivity index (χ1) is 9.06. The number of amides is 1. The molecule has 0 bridgehead atoms. The van der Waals surface area contributed by atoms with Crippen molar-refractivity contribution in [1.82, 2.24) is 4.90 Å². The fraction of sp³-hybridized carbons (Fsp3) is 0.692. The lowest BCUT2D eigenvalue weighted by atomic mass is 10.0. The number of thioether (sulfide) groups is 1. The minimum atomic E-state index is -1.03. The monoisotopic (exact) mass is 286 g/mol. The SMILES string of the molecule is CCN(C(=O)CSCC(N)C(=O)O)C1=CCCCC1. The van der Waals surface area contributed by atoms with Gasteiger partial charge in [-0.15, -0.1) is 11.8 Å². The molecular weight excluding hydrogens is 264 g/mol. The number of carbonyl (C=O) groups is 2. The fourth-order valence-electron chi connectivity index (χ4n) is 2.03. The second kappa shape index (κ2) is 8.22. The molecule has 1 rings (SSSR count). The highest BCUT2D eigenvalue weighted by Crippen LogP contribution is 2.21. The summed E-state index contributed by atoms with van der Waals surface area (Å²) in [5.41, 5.74) is 6.51. The van der Waals surface area contributed by atoms with Gasteiger partial charge in [0.25, 0.3) is 0 Å². The molecule has 5 nitrogen and oxygen atoms in total. The Bertz CT molecular complexity index is 358. The van der Waals surface area contributed by atoms with Crippen molar-refractivity contribution in [3.8, 4) is 0 Å². The van der Waals surface area contributed by atoms with Gasteiger partial charge in [0.1, 0.15) is 6.04 Å². The number of carbonyl (C=O) groups excluding carboxylic acids is 1. The first-order valence-electron chi connectivity index (χ1n) is 6.61. The van der Waals surface area contributed by atoms with Crippen LogP contribution in [-0.4, -0.2) is 46.0 Å². The van der Waals surface area contributed by atoms with Crippen LogP contribution in [0.1, 0.15) is 32.6 Å². The standard InChI is InChI=1S/C13H22N2O3S/c1-2-15(10-6-4-3-5-7-10)12(16)9-19-8-11(14)13(17)18/h6,11H,2-5,7-9,14H2,1H3,(H,17,18). The number of carboxylic acid groups (broad SMARTS) is 1. The van der Waals surface area contributed by atoms with Crippen molar-refractivity contribution < 1.29 is 14.7 Å². The molecule has 0 aromatic heterocycles. The highest BCUT2D eigenvalue weighted by atomic mass is 32.2. The predicted molar refractivity (Wildman–Crippen MR) is 76.9 cm³/mol. The van der Waals surface area contributed by atoms with Gasteiger partial charge >= 0.3 is 5.97 Å². The average Bonchev–Trinajstić information content (AvgIpc) is 2.40. The summed E-state index contributed by atoms with van der Waals surface area (Å²) >= 11 is 1.28. The third-order valence-electron chi connectivity index (χ3n) is 3.07. The van der Waals surface area contributed by atoms with Crippen LogP contribution in [-0.2, 0) is 9.59 Å². The summed E-state index contributed by atoms with van der Waals surface area (Å²) in [6.45, 7) is 2.62. The van der Waals surface area contributed by atoms with Gasteiger partial charge < -0.3 is 15.7 Å². The molecule has 6 heteroatoms. The van der Waals surface area contributed by atoms with Crippen molar-refractivity contribution >= 4 is 23.6 Å². The zero-order valence-corrected chi connectivity index (χ0v) is 12.1. The fourth-order valence-corrected chi connectivity index (χ4v) is 2.87. The number of carboxylic acids is 1. The Kier molecular flexibility index (Phi) is 6.94. The van der Waals surface area contributed by atoms with Gasteiger partial charge in [-0.1, -0.05) is 6.08 Å². The van der Waals surface area contributed by atoms with Crippen molar-refractivity contribution in [1.29, 1.82) is 0 Å². The van der Waals surface area contributed by atoms with Crippen molar-refractivity contribution in [2.24, 2.45) is 5.73 Å². The molecule has 0 fully saturated rings. The van der Waals surface area contributed by atoms with E-state index in [4.69, 9.17) is 10.8 Å². The molecular formula is C13H22N2O3S. The van der Waals surface area contributed by atoms with Gasteiger partial charge in [-0.3, -0.25) is 9.59 Å². The molecule has 0 aliphatic heterocycles. The van der Waals surface area contributed by atoms with Gasteiger partial charge in [0, 0.05) is 18.0 Å². The van der Waals surface area contributed by atoms with E-state index in [2.05, 4.69) is 6.08 Å². The topological polar surface area (TPSA) is 83.6 Å². The highest BCUT2D eigenvalue weighted by Gasteiger charge is 2.19. The van der Waals surface area contributed by atoms with Crippen molar-refractivity contribution in [3.05, 3.63) is 11.8 Å². The zero-order valence-electron chi connectivity index (χ0n) is 11.3. The number of hydrogen-bond donors (Lipinski definition) is 2. The highest BCUT2D eigenvalue weighted by molar-refractivity contribution is 8.00. The van der Waals surface area contributed by atoms with Crippen LogP contribution in [0.2, 0.25) is 0 Å². The predicted octanol–water partition coefficient (Wildman–Crippen LogP) is 1.44. The van der Waals surface area contributed by atoms with Crippen LogP contribution in [0.25, 0.3) is 0 Å².